The third-order valence-corrected chi connectivity index (χ3v) is 3.41. The molecule has 1 saturated heterocycles. The summed E-state index contributed by atoms with van der Waals surface area (Å²) >= 11 is 0. The van der Waals surface area contributed by atoms with Crippen LogP contribution in [0.15, 0.2) is 18.2 Å². The van der Waals surface area contributed by atoms with Gasteiger partial charge in [-0.15, -0.1) is 0 Å². The number of hydrogen-bond donors (Lipinski definition) is 2. The molecule has 2 rings (SSSR count). The predicted octanol–water partition coefficient (Wildman–Crippen LogP) is 2.33. The van der Waals surface area contributed by atoms with Crippen molar-refractivity contribution in [1.29, 1.82) is 0 Å². The largest absolute Gasteiger partial charge is 0.478 e. The monoisotopic (exact) mass is 292 g/mol. The molecule has 0 radical (unpaired) electrons. The highest BCUT2D eigenvalue weighted by molar-refractivity contribution is 5.92. The summed E-state index contributed by atoms with van der Waals surface area (Å²) in [5.74, 6) is -0.971. The first kappa shape index (κ1) is 15.3. The summed E-state index contributed by atoms with van der Waals surface area (Å²) in [5, 5.41) is 11.8. The second-order valence-corrected chi connectivity index (χ2v) is 5.43. The van der Waals surface area contributed by atoms with Crippen LogP contribution in [0, 0.1) is 6.92 Å². The van der Waals surface area contributed by atoms with Crippen LogP contribution in [0.2, 0.25) is 0 Å². The Labute approximate surface area is 123 Å². The zero-order valence-electron chi connectivity index (χ0n) is 12.4. The maximum Gasteiger partial charge on any atom is 0.335 e. The zero-order valence-corrected chi connectivity index (χ0v) is 12.4. The Hall–Kier alpha value is -2.08. The molecule has 114 valence electrons. The van der Waals surface area contributed by atoms with Crippen LogP contribution in [0.3, 0.4) is 0 Å². The van der Waals surface area contributed by atoms with E-state index in [1.165, 1.54) is 6.07 Å². The van der Waals surface area contributed by atoms with Crippen molar-refractivity contribution in [3.8, 4) is 0 Å². The number of carboxylic acids is 1. The fraction of sp³-hybridized carbons (Fsp3) is 0.467. The number of ether oxygens (including phenoxy) is 1. The normalized spacial score (nSPS) is 22.0. The summed E-state index contributed by atoms with van der Waals surface area (Å²) < 4.78 is 5.59. The summed E-state index contributed by atoms with van der Waals surface area (Å²) in [4.78, 5) is 24.9. The second kappa shape index (κ2) is 6.13. The van der Waals surface area contributed by atoms with E-state index in [0.29, 0.717) is 24.3 Å². The summed E-state index contributed by atoms with van der Waals surface area (Å²) in [7, 11) is 0. The summed E-state index contributed by atoms with van der Waals surface area (Å²) in [6, 6.07) is 4.56. The van der Waals surface area contributed by atoms with E-state index < -0.39 is 5.97 Å². The molecular weight excluding hydrogens is 272 g/mol. The van der Waals surface area contributed by atoms with Gasteiger partial charge in [-0.3, -0.25) is 0 Å². The fourth-order valence-electron chi connectivity index (χ4n) is 2.53. The van der Waals surface area contributed by atoms with Crippen LogP contribution < -0.4 is 5.32 Å². The Balaban J connectivity index is 2.06. The number of nitrogens with one attached hydrogen (secondary N) is 1. The highest BCUT2D eigenvalue weighted by atomic mass is 16.5. The highest BCUT2D eigenvalue weighted by Gasteiger charge is 2.25. The minimum atomic E-state index is -0.971. The third-order valence-electron chi connectivity index (χ3n) is 3.41. The number of rotatable bonds is 2. The van der Waals surface area contributed by atoms with Crippen molar-refractivity contribution >= 4 is 17.7 Å². The summed E-state index contributed by atoms with van der Waals surface area (Å²) in [6.45, 7) is 6.66. The van der Waals surface area contributed by atoms with Crippen LogP contribution >= 0.6 is 0 Å². The lowest BCUT2D eigenvalue weighted by molar-refractivity contribution is -0.0530. The molecule has 21 heavy (non-hydrogen) atoms. The van der Waals surface area contributed by atoms with Crippen LogP contribution in [-0.4, -0.2) is 47.3 Å². The lowest BCUT2D eigenvalue weighted by atomic mass is 10.1. The standard InChI is InChI=1S/C15H20N2O4/c1-9-6-12(4-5-13(9)14(18)19)16-15(20)17-7-10(2)21-11(3)8-17/h4-6,10-11H,7-8H2,1-3H3,(H,16,20)(H,18,19)/t10-,11+. The molecule has 0 aromatic heterocycles. The van der Waals surface area contributed by atoms with E-state index in [-0.39, 0.29) is 23.8 Å². The van der Waals surface area contributed by atoms with Gasteiger partial charge in [-0.05, 0) is 44.5 Å². The van der Waals surface area contributed by atoms with Gasteiger partial charge in [-0.2, -0.15) is 0 Å². The topological polar surface area (TPSA) is 78.9 Å². The van der Waals surface area contributed by atoms with E-state index >= 15 is 0 Å². The molecule has 0 aliphatic carbocycles. The van der Waals surface area contributed by atoms with Crippen LogP contribution in [0.5, 0.6) is 0 Å². The number of benzene rings is 1. The molecule has 0 bridgehead atoms. The van der Waals surface area contributed by atoms with Crippen LogP contribution in [0.25, 0.3) is 0 Å². The van der Waals surface area contributed by atoms with E-state index in [2.05, 4.69) is 5.32 Å². The molecule has 1 fully saturated rings. The van der Waals surface area contributed by atoms with E-state index in [4.69, 9.17) is 9.84 Å². The SMILES string of the molecule is Cc1cc(NC(=O)N2C[C@@H](C)O[C@@H](C)C2)ccc1C(=O)O. The van der Waals surface area contributed by atoms with Gasteiger partial charge in [0.2, 0.25) is 0 Å². The van der Waals surface area contributed by atoms with Crippen molar-refractivity contribution in [1.82, 2.24) is 4.90 Å². The van der Waals surface area contributed by atoms with Gasteiger partial charge in [0.25, 0.3) is 0 Å². The summed E-state index contributed by atoms with van der Waals surface area (Å²) in [6.07, 6.45) is 0.0197. The van der Waals surface area contributed by atoms with Gasteiger partial charge in [0, 0.05) is 18.8 Å². The van der Waals surface area contributed by atoms with Crippen LogP contribution in [0.1, 0.15) is 29.8 Å². The first-order chi connectivity index (χ1) is 9.86. The lowest BCUT2D eigenvalue weighted by Gasteiger charge is -2.35. The molecule has 2 N–H and O–H groups in total. The van der Waals surface area contributed by atoms with Gasteiger partial charge >= 0.3 is 12.0 Å². The van der Waals surface area contributed by atoms with Crippen LogP contribution in [0.4, 0.5) is 10.5 Å². The molecule has 1 aliphatic heterocycles. The maximum atomic E-state index is 12.2. The van der Waals surface area contributed by atoms with Crippen molar-refractivity contribution in [3.05, 3.63) is 29.3 Å². The number of carboxylic acid groups (broad SMARTS) is 1. The van der Waals surface area contributed by atoms with Crippen molar-refractivity contribution in [2.24, 2.45) is 0 Å². The van der Waals surface area contributed by atoms with Gasteiger partial charge in [0.1, 0.15) is 0 Å². The van der Waals surface area contributed by atoms with E-state index in [9.17, 15) is 9.59 Å². The molecule has 2 amide bonds. The number of aryl methyl sites for hydroxylation is 1. The van der Waals surface area contributed by atoms with Crippen LogP contribution in [-0.2, 0) is 4.74 Å². The first-order valence-electron chi connectivity index (χ1n) is 6.92. The molecule has 1 heterocycles. The Morgan fingerprint density at radius 3 is 2.43 bits per heavy atom. The smallest absolute Gasteiger partial charge is 0.335 e. The minimum Gasteiger partial charge on any atom is -0.478 e. The molecule has 0 saturated carbocycles. The van der Waals surface area contributed by atoms with Crippen molar-refractivity contribution in [2.45, 2.75) is 33.0 Å². The van der Waals surface area contributed by atoms with E-state index in [1.54, 1.807) is 24.0 Å². The van der Waals surface area contributed by atoms with Gasteiger partial charge in [-0.1, -0.05) is 0 Å². The Morgan fingerprint density at radius 1 is 1.29 bits per heavy atom. The molecular formula is C15H20N2O4. The molecule has 6 nitrogen and oxygen atoms in total. The zero-order chi connectivity index (χ0) is 15.6. The fourth-order valence-corrected chi connectivity index (χ4v) is 2.53. The molecule has 0 spiro atoms. The van der Waals surface area contributed by atoms with Gasteiger partial charge in [0.15, 0.2) is 0 Å². The second-order valence-electron chi connectivity index (χ2n) is 5.43. The number of anilines is 1. The van der Waals surface area contributed by atoms with Gasteiger partial charge in [-0.25, -0.2) is 9.59 Å². The number of carbonyl (C=O) groups is 2. The Bertz CT molecular complexity index is 549. The number of morpholine rings is 1. The number of amides is 2. The average molecular weight is 292 g/mol. The quantitative estimate of drug-likeness (QED) is 0.877. The first-order valence-corrected chi connectivity index (χ1v) is 6.92. The minimum absolute atomic E-state index is 0.00984. The number of hydrogen-bond acceptors (Lipinski definition) is 3. The van der Waals surface area contributed by atoms with Gasteiger partial charge < -0.3 is 20.1 Å². The molecule has 0 unspecified atom stereocenters. The number of carbonyl (C=O) groups excluding carboxylic acids is 1. The summed E-state index contributed by atoms with van der Waals surface area (Å²) in [5.41, 5.74) is 1.44. The van der Waals surface area contributed by atoms with E-state index in [1.807, 2.05) is 13.8 Å². The molecule has 1 aromatic carbocycles. The Morgan fingerprint density at radius 2 is 1.90 bits per heavy atom. The van der Waals surface area contributed by atoms with E-state index in [0.717, 1.165) is 0 Å². The molecule has 6 heteroatoms. The van der Waals surface area contributed by atoms with Crippen molar-refractivity contribution in [2.75, 3.05) is 18.4 Å². The lowest BCUT2D eigenvalue weighted by Crippen LogP contribution is -2.49. The van der Waals surface area contributed by atoms with Crippen molar-refractivity contribution < 1.29 is 19.4 Å². The number of aromatic carboxylic acids is 1. The number of nitrogens with zero attached hydrogens (tertiary/aromatic N) is 1. The molecule has 2 atom stereocenters. The highest BCUT2D eigenvalue weighted by Crippen LogP contribution is 2.17. The molecule has 1 aliphatic rings. The molecule has 1 aromatic rings. The Kier molecular flexibility index (Phi) is 4.47. The number of urea groups is 1. The maximum absolute atomic E-state index is 12.2. The average Bonchev–Trinajstić information content (AvgIpc) is 2.37. The predicted molar refractivity (Wildman–Crippen MR) is 78.7 cm³/mol. The van der Waals surface area contributed by atoms with Crippen molar-refractivity contribution in [3.63, 3.8) is 0 Å². The van der Waals surface area contributed by atoms with Gasteiger partial charge in [0.05, 0.1) is 17.8 Å². The third kappa shape index (κ3) is 3.72.